The molecule has 2 heterocycles. The quantitative estimate of drug-likeness (QED) is 0.749. The van der Waals surface area contributed by atoms with Gasteiger partial charge < -0.3 is 19.4 Å². The topological polar surface area (TPSA) is 48.3 Å². The van der Waals surface area contributed by atoms with E-state index in [0.29, 0.717) is 5.92 Å². The third-order valence-corrected chi connectivity index (χ3v) is 4.66. The number of benzene rings is 1. The maximum Gasteiger partial charge on any atom is 0.138 e. The van der Waals surface area contributed by atoms with Gasteiger partial charge in [0.2, 0.25) is 0 Å². The van der Waals surface area contributed by atoms with Gasteiger partial charge in [0.15, 0.2) is 0 Å². The second-order valence-corrected chi connectivity index (χ2v) is 6.21. The summed E-state index contributed by atoms with van der Waals surface area (Å²) in [7, 11) is 1.70. The van der Waals surface area contributed by atoms with Gasteiger partial charge in [-0.2, -0.15) is 0 Å². The molecule has 1 aromatic carbocycles. The smallest absolute Gasteiger partial charge is 0.138 e. The largest absolute Gasteiger partial charge is 0.496 e. The molecular formula is C20H27N3O2. The Bertz CT molecular complexity index is 696. The highest BCUT2D eigenvalue weighted by Crippen LogP contribution is 2.33. The number of aryl methyl sites for hydroxylation is 1. The summed E-state index contributed by atoms with van der Waals surface area (Å²) in [6, 6.07) is 8.03. The Kier molecular flexibility index (Phi) is 6.25. The molecule has 0 radical (unpaired) electrons. The zero-order chi connectivity index (χ0) is 17.5. The van der Waals surface area contributed by atoms with E-state index in [2.05, 4.69) is 40.0 Å². The van der Waals surface area contributed by atoms with E-state index >= 15 is 0 Å². The molecule has 0 amide bonds. The summed E-state index contributed by atoms with van der Waals surface area (Å²) in [5.74, 6) is 2.41. The van der Waals surface area contributed by atoms with Crippen LogP contribution in [0.1, 0.15) is 30.8 Å². The minimum Gasteiger partial charge on any atom is -0.496 e. The van der Waals surface area contributed by atoms with Crippen LogP contribution in [0.15, 0.2) is 42.7 Å². The minimum atomic E-state index is 0.0978. The molecule has 0 aliphatic carbocycles. The molecule has 5 nitrogen and oxygen atoms in total. The van der Waals surface area contributed by atoms with Crippen molar-refractivity contribution in [3.8, 4) is 5.75 Å². The van der Waals surface area contributed by atoms with Gasteiger partial charge in [-0.1, -0.05) is 30.4 Å². The molecule has 1 fully saturated rings. The van der Waals surface area contributed by atoms with Crippen molar-refractivity contribution in [1.29, 1.82) is 0 Å². The molecule has 3 rings (SSSR count). The van der Waals surface area contributed by atoms with Crippen LogP contribution < -0.4 is 10.1 Å². The van der Waals surface area contributed by atoms with Gasteiger partial charge in [-0.25, -0.2) is 4.98 Å². The number of aromatic nitrogens is 2. The van der Waals surface area contributed by atoms with E-state index in [1.54, 1.807) is 7.11 Å². The maximum atomic E-state index is 5.95. The molecule has 5 heteroatoms. The number of hydrogen-bond acceptors (Lipinski definition) is 4. The van der Waals surface area contributed by atoms with Crippen molar-refractivity contribution in [3.05, 3.63) is 54.1 Å². The first-order chi connectivity index (χ1) is 12.3. The van der Waals surface area contributed by atoms with Gasteiger partial charge in [-0.15, -0.1) is 0 Å². The molecule has 0 spiro atoms. The highest BCUT2D eigenvalue weighted by atomic mass is 16.5. The molecule has 0 bridgehead atoms. The van der Waals surface area contributed by atoms with Gasteiger partial charge in [0.25, 0.3) is 0 Å². The minimum absolute atomic E-state index is 0.0978. The third-order valence-electron chi connectivity index (χ3n) is 4.66. The number of ether oxygens (including phenoxy) is 2. The molecular weight excluding hydrogens is 314 g/mol. The van der Waals surface area contributed by atoms with E-state index in [4.69, 9.17) is 9.47 Å². The Balaban J connectivity index is 1.51. The number of para-hydroxylation sites is 1. The number of hydrogen-bond donors (Lipinski definition) is 1. The van der Waals surface area contributed by atoms with Crippen LogP contribution in [0.2, 0.25) is 0 Å². The van der Waals surface area contributed by atoms with Crippen molar-refractivity contribution in [1.82, 2.24) is 14.9 Å². The van der Waals surface area contributed by atoms with Crippen LogP contribution in [0.3, 0.4) is 0 Å². The Morgan fingerprint density at radius 2 is 2.28 bits per heavy atom. The molecule has 25 heavy (non-hydrogen) atoms. The molecule has 2 atom stereocenters. The van der Waals surface area contributed by atoms with Crippen molar-refractivity contribution < 1.29 is 9.47 Å². The Hall–Kier alpha value is -2.11. The average Bonchev–Trinajstić information content (AvgIpc) is 3.30. The summed E-state index contributed by atoms with van der Waals surface area (Å²) in [5.41, 5.74) is 1.10. The van der Waals surface area contributed by atoms with Crippen LogP contribution in [0, 0.1) is 5.92 Å². The zero-order valence-corrected chi connectivity index (χ0v) is 15.0. The summed E-state index contributed by atoms with van der Waals surface area (Å²) in [6.07, 6.45) is 9.29. The van der Waals surface area contributed by atoms with Crippen LogP contribution in [-0.4, -0.2) is 36.4 Å². The van der Waals surface area contributed by atoms with Gasteiger partial charge in [-0.05, 0) is 19.4 Å². The van der Waals surface area contributed by atoms with Crippen molar-refractivity contribution in [3.63, 3.8) is 0 Å². The lowest BCUT2D eigenvalue weighted by molar-refractivity contribution is 0.0807. The fraction of sp³-hybridized carbons (Fsp3) is 0.450. The SMILES string of the molecule is CCn1ccnc1[C@@H]1OCC[C@H]1CNC/C=C/c1ccccc1OC. The molecule has 0 unspecified atom stereocenters. The van der Waals surface area contributed by atoms with Crippen LogP contribution in [0.25, 0.3) is 6.08 Å². The number of nitrogens with zero attached hydrogens (tertiary/aromatic N) is 2. The summed E-state index contributed by atoms with van der Waals surface area (Å²) < 4.78 is 13.5. The predicted molar refractivity (Wildman–Crippen MR) is 99.6 cm³/mol. The van der Waals surface area contributed by atoms with Crippen molar-refractivity contribution in [2.75, 3.05) is 26.8 Å². The zero-order valence-electron chi connectivity index (χ0n) is 15.0. The first-order valence-electron chi connectivity index (χ1n) is 8.96. The fourth-order valence-electron chi connectivity index (χ4n) is 3.32. The first kappa shape index (κ1) is 17.7. The maximum absolute atomic E-state index is 5.95. The number of nitrogens with one attached hydrogen (secondary N) is 1. The standard InChI is InChI=1S/C20H27N3O2/c1-3-23-13-12-22-20(23)19-17(10-14-25-19)15-21-11-6-8-16-7-4-5-9-18(16)24-2/h4-9,12-13,17,19,21H,3,10-11,14-15H2,1-2H3/b8-6+/t17-,19+/m0/s1. The van der Waals surface area contributed by atoms with Crippen LogP contribution in [-0.2, 0) is 11.3 Å². The van der Waals surface area contributed by atoms with E-state index in [9.17, 15) is 0 Å². The van der Waals surface area contributed by atoms with Crippen LogP contribution >= 0.6 is 0 Å². The van der Waals surface area contributed by atoms with E-state index in [-0.39, 0.29) is 6.10 Å². The van der Waals surface area contributed by atoms with Gasteiger partial charge in [0, 0.05) is 50.1 Å². The van der Waals surface area contributed by atoms with E-state index < -0.39 is 0 Å². The lowest BCUT2D eigenvalue weighted by Crippen LogP contribution is -2.26. The highest BCUT2D eigenvalue weighted by Gasteiger charge is 2.32. The predicted octanol–water partition coefficient (Wildman–Crippen LogP) is 3.29. The van der Waals surface area contributed by atoms with Gasteiger partial charge >= 0.3 is 0 Å². The molecule has 1 aromatic heterocycles. The normalized spacial score (nSPS) is 20.4. The molecule has 1 saturated heterocycles. The van der Waals surface area contributed by atoms with Crippen molar-refractivity contribution in [2.24, 2.45) is 5.92 Å². The average molecular weight is 341 g/mol. The molecule has 1 aliphatic heterocycles. The second-order valence-electron chi connectivity index (χ2n) is 6.21. The molecule has 1 N–H and O–H groups in total. The third kappa shape index (κ3) is 4.30. The fourth-order valence-corrected chi connectivity index (χ4v) is 3.32. The molecule has 2 aromatic rings. The number of imidazole rings is 1. The summed E-state index contributed by atoms with van der Waals surface area (Å²) in [6.45, 7) is 5.62. The Labute approximate surface area is 149 Å². The number of methoxy groups -OCH3 is 1. The first-order valence-corrected chi connectivity index (χ1v) is 8.96. The van der Waals surface area contributed by atoms with Crippen LogP contribution in [0.5, 0.6) is 5.75 Å². The summed E-state index contributed by atoms with van der Waals surface area (Å²) in [5, 5.41) is 3.52. The lowest BCUT2D eigenvalue weighted by atomic mass is 10.0. The lowest BCUT2D eigenvalue weighted by Gasteiger charge is -2.19. The molecule has 1 aliphatic rings. The molecule has 134 valence electrons. The van der Waals surface area contributed by atoms with E-state index in [0.717, 1.165) is 49.8 Å². The summed E-state index contributed by atoms with van der Waals surface area (Å²) in [4.78, 5) is 4.50. The van der Waals surface area contributed by atoms with Gasteiger partial charge in [-0.3, -0.25) is 0 Å². The number of rotatable bonds is 8. The van der Waals surface area contributed by atoms with Crippen molar-refractivity contribution >= 4 is 6.08 Å². The Morgan fingerprint density at radius 3 is 3.12 bits per heavy atom. The second kappa shape index (κ2) is 8.83. The van der Waals surface area contributed by atoms with Crippen molar-refractivity contribution in [2.45, 2.75) is 26.0 Å². The van der Waals surface area contributed by atoms with E-state index in [1.807, 2.05) is 30.6 Å². The monoisotopic (exact) mass is 341 g/mol. The van der Waals surface area contributed by atoms with Crippen LogP contribution in [0.4, 0.5) is 0 Å². The van der Waals surface area contributed by atoms with Gasteiger partial charge in [0.05, 0.1) is 7.11 Å². The summed E-state index contributed by atoms with van der Waals surface area (Å²) >= 11 is 0. The van der Waals surface area contributed by atoms with E-state index in [1.165, 1.54) is 0 Å². The highest BCUT2D eigenvalue weighted by molar-refractivity contribution is 5.57. The Morgan fingerprint density at radius 1 is 1.40 bits per heavy atom. The van der Waals surface area contributed by atoms with Gasteiger partial charge in [0.1, 0.15) is 17.7 Å². The molecule has 0 saturated carbocycles.